The van der Waals surface area contributed by atoms with Gasteiger partial charge in [0.05, 0.1) is 0 Å². The highest BCUT2D eigenvalue weighted by molar-refractivity contribution is 5.75. The molecule has 0 saturated carbocycles. The van der Waals surface area contributed by atoms with Gasteiger partial charge in [-0.15, -0.1) is 0 Å². The molecule has 0 aliphatic rings. The molecule has 0 aromatic heterocycles. The molecule has 1 rings (SSSR count). The predicted molar refractivity (Wildman–Crippen MR) is 81.1 cm³/mol. The van der Waals surface area contributed by atoms with E-state index in [1.54, 1.807) is 0 Å². The van der Waals surface area contributed by atoms with E-state index in [0.29, 0.717) is 11.8 Å². The first kappa shape index (κ1) is 15.7. The first-order valence-corrected chi connectivity index (χ1v) is 7.40. The van der Waals surface area contributed by atoms with Crippen molar-refractivity contribution in [3.63, 3.8) is 0 Å². The van der Waals surface area contributed by atoms with Crippen LogP contribution in [0.5, 0.6) is 0 Å². The monoisotopic (exact) mass is 261 g/mol. The van der Waals surface area contributed by atoms with Crippen molar-refractivity contribution < 1.29 is 4.79 Å². The van der Waals surface area contributed by atoms with Gasteiger partial charge in [-0.25, -0.2) is 0 Å². The van der Waals surface area contributed by atoms with Crippen LogP contribution in [0.2, 0.25) is 0 Å². The van der Waals surface area contributed by atoms with Crippen LogP contribution in [0.25, 0.3) is 0 Å². The molecule has 2 heteroatoms. The molecule has 2 nitrogen and oxygen atoms in total. The minimum Gasteiger partial charge on any atom is -0.356 e. The third-order valence-corrected chi connectivity index (χ3v) is 4.24. The van der Waals surface area contributed by atoms with Crippen LogP contribution in [0, 0.1) is 5.41 Å². The van der Waals surface area contributed by atoms with Gasteiger partial charge in [0, 0.05) is 13.0 Å². The lowest BCUT2D eigenvalue weighted by Crippen LogP contribution is -2.27. The molecule has 0 unspecified atom stereocenters. The van der Waals surface area contributed by atoms with Crippen molar-refractivity contribution in [2.75, 3.05) is 6.54 Å². The Morgan fingerprint density at radius 3 is 2.37 bits per heavy atom. The fourth-order valence-corrected chi connectivity index (χ4v) is 2.10. The summed E-state index contributed by atoms with van der Waals surface area (Å²) in [4.78, 5) is 11.8. The molecule has 1 amide bonds. The van der Waals surface area contributed by atoms with Crippen LogP contribution in [0.1, 0.15) is 52.0 Å². The van der Waals surface area contributed by atoms with Crippen LogP contribution in [0.4, 0.5) is 0 Å². The third-order valence-electron chi connectivity index (χ3n) is 4.24. The Kier molecular flexibility index (Phi) is 6.61. The number of nitrogens with one attached hydrogen (secondary N) is 1. The predicted octanol–water partition coefficient (Wildman–Crippen LogP) is 3.95. The van der Waals surface area contributed by atoms with Crippen molar-refractivity contribution in [2.45, 2.75) is 52.9 Å². The van der Waals surface area contributed by atoms with Gasteiger partial charge in [-0.3, -0.25) is 4.79 Å². The SMILES string of the molecule is CCC(C)(CC)CCC(=O)NCCc1ccccc1. The van der Waals surface area contributed by atoms with Gasteiger partial charge < -0.3 is 5.32 Å². The highest BCUT2D eigenvalue weighted by Gasteiger charge is 2.20. The summed E-state index contributed by atoms with van der Waals surface area (Å²) in [5.74, 6) is 0.184. The largest absolute Gasteiger partial charge is 0.356 e. The lowest BCUT2D eigenvalue weighted by atomic mass is 9.80. The zero-order chi connectivity index (χ0) is 14.1. The van der Waals surface area contributed by atoms with E-state index >= 15 is 0 Å². The molecule has 0 aliphatic heterocycles. The van der Waals surface area contributed by atoms with Crippen molar-refractivity contribution >= 4 is 5.91 Å². The summed E-state index contributed by atoms with van der Waals surface area (Å²) in [5.41, 5.74) is 1.59. The van der Waals surface area contributed by atoms with Crippen molar-refractivity contribution in [3.8, 4) is 0 Å². The second-order valence-electron chi connectivity index (χ2n) is 5.60. The zero-order valence-corrected chi connectivity index (χ0v) is 12.5. The second-order valence-corrected chi connectivity index (χ2v) is 5.60. The van der Waals surface area contributed by atoms with Gasteiger partial charge >= 0.3 is 0 Å². The summed E-state index contributed by atoms with van der Waals surface area (Å²) >= 11 is 0. The lowest BCUT2D eigenvalue weighted by molar-refractivity contribution is -0.121. The number of hydrogen-bond donors (Lipinski definition) is 1. The molecule has 0 heterocycles. The Bertz CT molecular complexity index is 368. The minimum absolute atomic E-state index is 0.184. The van der Waals surface area contributed by atoms with Gasteiger partial charge in [-0.1, -0.05) is 63.9 Å². The Morgan fingerprint density at radius 1 is 1.16 bits per heavy atom. The van der Waals surface area contributed by atoms with Gasteiger partial charge in [-0.05, 0) is 23.8 Å². The van der Waals surface area contributed by atoms with Crippen molar-refractivity contribution in [3.05, 3.63) is 35.9 Å². The Hall–Kier alpha value is -1.31. The summed E-state index contributed by atoms with van der Waals surface area (Å²) in [5, 5.41) is 3.01. The number of amides is 1. The van der Waals surface area contributed by atoms with E-state index in [4.69, 9.17) is 0 Å². The number of hydrogen-bond acceptors (Lipinski definition) is 1. The first-order chi connectivity index (χ1) is 9.09. The van der Waals surface area contributed by atoms with E-state index in [9.17, 15) is 4.79 Å². The standard InChI is InChI=1S/C17H27NO/c1-4-17(3,5-2)13-11-16(19)18-14-12-15-9-7-6-8-10-15/h6-10H,4-5,11-14H2,1-3H3,(H,18,19). The number of rotatable bonds is 8. The van der Waals surface area contributed by atoms with Gasteiger partial charge in [0.1, 0.15) is 0 Å². The van der Waals surface area contributed by atoms with Crippen LogP contribution >= 0.6 is 0 Å². The van der Waals surface area contributed by atoms with Crippen molar-refractivity contribution in [1.82, 2.24) is 5.32 Å². The molecular formula is C17H27NO. The smallest absolute Gasteiger partial charge is 0.220 e. The molecule has 0 aliphatic carbocycles. The molecule has 0 atom stereocenters. The molecule has 1 aromatic carbocycles. The number of benzene rings is 1. The van der Waals surface area contributed by atoms with Crippen molar-refractivity contribution in [1.29, 1.82) is 0 Å². The number of carbonyl (C=O) groups excluding carboxylic acids is 1. The summed E-state index contributed by atoms with van der Waals surface area (Å²) in [6.45, 7) is 7.41. The average Bonchev–Trinajstić information content (AvgIpc) is 2.46. The van der Waals surface area contributed by atoms with E-state index in [1.807, 2.05) is 18.2 Å². The summed E-state index contributed by atoms with van der Waals surface area (Å²) in [6.07, 6.45) is 4.82. The summed E-state index contributed by atoms with van der Waals surface area (Å²) in [7, 11) is 0. The van der Waals surface area contributed by atoms with Gasteiger partial charge in [0.25, 0.3) is 0 Å². The lowest BCUT2D eigenvalue weighted by Gasteiger charge is -2.26. The van der Waals surface area contributed by atoms with E-state index < -0.39 is 0 Å². The first-order valence-electron chi connectivity index (χ1n) is 7.40. The highest BCUT2D eigenvalue weighted by atomic mass is 16.1. The Morgan fingerprint density at radius 2 is 1.79 bits per heavy atom. The van der Waals surface area contributed by atoms with E-state index in [1.165, 1.54) is 5.56 Å². The molecule has 0 spiro atoms. The molecule has 0 saturated heterocycles. The molecule has 0 fully saturated rings. The zero-order valence-electron chi connectivity index (χ0n) is 12.5. The van der Waals surface area contributed by atoms with Gasteiger partial charge in [0.2, 0.25) is 5.91 Å². The fraction of sp³-hybridized carbons (Fsp3) is 0.588. The fourth-order valence-electron chi connectivity index (χ4n) is 2.10. The normalized spacial score (nSPS) is 11.3. The van der Waals surface area contributed by atoms with Crippen molar-refractivity contribution in [2.24, 2.45) is 5.41 Å². The van der Waals surface area contributed by atoms with Gasteiger partial charge in [0.15, 0.2) is 0 Å². The Labute approximate surface area is 117 Å². The maximum absolute atomic E-state index is 11.8. The van der Waals surface area contributed by atoms with E-state index in [0.717, 1.165) is 32.2 Å². The molecule has 0 radical (unpaired) electrons. The summed E-state index contributed by atoms with van der Waals surface area (Å²) < 4.78 is 0. The highest BCUT2D eigenvalue weighted by Crippen LogP contribution is 2.30. The van der Waals surface area contributed by atoms with Crippen LogP contribution in [-0.2, 0) is 11.2 Å². The molecule has 0 bridgehead atoms. The van der Waals surface area contributed by atoms with Crippen LogP contribution < -0.4 is 5.32 Å². The summed E-state index contributed by atoms with van der Waals surface area (Å²) in [6, 6.07) is 10.3. The minimum atomic E-state index is 0.184. The van der Waals surface area contributed by atoms with Crippen LogP contribution in [-0.4, -0.2) is 12.5 Å². The molecule has 106 valence electrons. The van der Waals surface area contributed by atoms with Crippen LogP contribution in [0.3, 0.4) is 0 Å². The molecule has 1 N–H and O–H groups in total. The quantitative estimate of drug-likeness (QED) is 0.754. The molecule has 19 heavy (non-hydrogen) atoms. The number of carbonyl (C=O) groups is 1. The van der Waals surface area contributed by atoms with Crippen LogP contribution in [0.15, 0.2) is 30.3 Å². The molecule has 1 aromatic rings. The maximum atomic E-state index is 11.8. The topological polar surface area (TPSA) is 29.1 Å². The molecular weight excluding hydrogens is 234 g/mol. The van der Waals surface area contributed by atoms with Gasteiger partial charge in [-0.2, -0.15) is 0 Å². The third kappa shape index (κ3) is 5.91. The van der Waals surface area contributed by atoms with E-state index in [-0.39, 0.29) is 5.91 Å². The average molecular weight is 261 g/mol. The van der Waals surface area contributed by atoms with E-state index in [2.05, 4.69) is 38.2 Å². The Balaban J connectivity index is 2.22. The maximum Gasteiger partial charge on any atom is 0.220 e. The second kappa shape index (κ2) is 7.98.